The molecule has 8 heteroatoms. The van der Waals surface area contributed by atoms with Crippen molar-refractivity contribution in [1.82, 2.24) is 9.58 Å². The average molecular weight is 444 g/mol. The maximum atomic E-state index is 13.2. The Balaban J connectivity index is 1.50. The zero-order chi connectivity index (χ0) is 22.4. The molecule has 0 radical (unpaired) electrons. The summed E-state index contributed by atoms with van der Waals surface area (Å²) in [5.41, 5.74) is 4.95. The topological polar surface area (TPSA) is 73.8 Å². The van der Waals surface area contributed by atoms with Gasteiger partial charge >= 0.3 is 0 Å². The van der Waals surface area contributed by atoms with Crippen LogP contribution in [0.3, 0.4) is 0 Å². The van der Waals surface area contributed by atoms with Crippen LogP contribution in [0.25, 0.3) is 11.8 Å². The molecule has 0 saturated carbocycles. The predicted octanol–water partition coefficient (Wildman–Crippen LogP) is 4.90. The molecule has 0 unspecified atom stereocenters. The minimum absolute atomic E-state index is 0.0440. The SMILES string of the molecule is Cc1ccc(-n2cccc2/C=C2/C(=N)N3N=C(c4ccc(F)cc4)SC3=NC2=O)cc1C. The van der Waals surface area contributed by atoms with E-state index in [9.17, 15) is 9.18 Å². The normalized spacial score (nSPS) is 17.0. The summed E-state index contributed by atoms with van der Waals surface area (Å²) in [7, 11) is 0. The van der Waals surface area contributed by atoms with Crippen LogP contribution in [0.4, 0.5) is 4.39 Å². The second-order valence-electron chi connectivity index (χ2n) is 7.50. The van der Waals surface area contributed by atoms with E-state index in [0.29, 0.717) is 15.8 Å². The first-order valence-corrected chi connectivity index (χ1v) is 10.7. The van der Waals surface area contributed by atoms with Crippen molar-refractivity contribution < 1.29 is 9.18 Å². The summed E-state index contributed by atoms with van der Waals surface area (Å²) >= 11 is 1.18. The third kappa shape index (κ3) is 3.48. The first-order chi connectivity index (χ1) is 15.4. The van der Waals surface area contributed by atoms with Crippen molar-refractivity contribution in [2.75, 3.05) is 0 Å². The molecule has 32 heavy (non-hydrogen) atoms. The summed E-state index contributed by atoms with van der Waals surface area (Å²) in [5.74, 6) is -0.873. The second-order valence-corrected chi connectivity index (χ2v) is 8.46. The Morgan fingerprint density at radius 1 is 1.06 bits per heavy atom. The van der Waals surface area contributed by atoms with Gasteiger partial charge in [-0.15, -0.1) is 0 Å². The maximum absolute atomic E-state index is 13.2. The number of rotatable bonds is 3. The highest BCUT2D eigenvalue weighted by molar-refractivity contribution is 8.27. The highest BCUT2D eigenvalue weighted by Gasteiger charge is 2.36. The molecule has 2 aromatic carbocycles. The van der Waals surface area contributed by atoms with Gasteiger partial charge in [-0.3, -0.25) is 10.2 Å². The molecule has 1 N–H and O–H groups in total. The molecule has 0 aliphatic carbocycles. The largest absolute Gasteiger partial charge is 0.317 e. The third-order valence-corrected chi connectivity index (χ3v) is 6.34. The first kappa shape index (κ1) is 20.1. The molecule has 6 nitrogen and oxygen atoms in total. The fourth-order valence-electron chi connectivity index (χ4n) is 3.47. The van der Waals surface area contributed by atoms with Crippen molar-refractivity contribution in [3.63, 3.8) is 0 Å². The van der Waals surface area contributed by atoms with Gasteiger partial charge in [0.2, 0.25) is 5.17 Å². The number of amides is 1. The van der Waals surface area contributed by atoms with Gasteiger partial charge in [-0.25, -0.2) is 4.39 Å². The summed E-state index contributed by atoms with van der Waals surface area (Å²) in [6.07, 6.45) is 3.58. The summed E-state index contributed by atoms with van der Waals surface area (Å²) in [6.45, 7) is 4.11. The molecule has 3 heterocycles. The number of nitrogens with one attached hydrogen (secondary N) is 1. The van der Waals surface area contributed by atoms with Crippen LogP contribution in [0.15, 0.2) is 76.5 Å². The number of nitrogens with zero attached hydrogens (tertiary/aromatic N) is 4. The number of aryl methyl sites for hydroxylation is 2. The number of amidine groups is 2. The van der Waals surface area contributed by atoms with E-state index in [1.54, 1.807) is 18.2 Å². The van der Waals surface area contributed by atoms with E-state index in [1.165, 1.54) is 40.0 Å². The summed E-state index contributed by atoms with van der Waals surface area (Å²) in [6, 6.07) is 15.8. The van der Waals surface area contributed by atoms with Gasteiger partial charge in [0.15, 0.2) is 5.84 Å². The molecular formula is C24H18FN5OS. The first-order valence-electron chi connectivity index (χ1n) is 9.92. The van der Waals surface area contributed by atoms with E-state index in [1.807, 2.05) is 29.0 Å². The Morgan fingerprint density at radius 3 is 2.59 bits per heavy atom. The standard InChI is InChI=1S/C24H18FN5OS/c1-14-5-10-19(12-15(14)2)29-11-3-4-18(29)13-20-21(26)30-24(27-22(20)31)32-23(28-30)16-6-8-17(25)9-7-16/h3-13,26H,1-2H3/b20-13-,26-21?. The lowest BCUT2D eigenvalue weighted by Gasteiger charge is -2.20. The lowest BCUT2D eigenvalue weighted by molar-refractivity contribution is -0.114. The van der Waals surface area contributed by atoms with Gasteiger partial charge in [-0.05, 0) is 91.3 Å². The van der Waals surface area contributed by atoms with Gasteiger partial charge in [0, 0.05) is 23.1 Å². The Hall–Kier alpha value is -3.78. The summed E-state index contributed by atoms with van der Waals surface area (Å²) in [5, 5.41) is 15.3. The van der Waals surface area contributed by atoms with Crippen LogP contribution in [0, 0.1) is 25.1 Å². The number of hydrogen-bond donors (Lipinski definition) is 1. The van der Waals surface area contributed by atoms with E-state index < -0.39 is 5.91 Å². The molecular weight excluding hydrogens is 425 g/mol. The average Bonchev–Trinajstić information content (AvgIpc) is 3.41. The molecule has 1 amide bonds. The number of halogens is 1. The van der Waals surface area contributed by atoms with Gasteiger partial charge in [0.25, 0.3) is 5.91 Å². The zero-order valence-electron chi connectivity index (χ0n) is 17.3. The fraction of sp³-hybridized carbons (Fsp3) is 0.0833. The molecule has 5 rings (SSSR count). The number of carbonyl (C=O) groups is 1. The number of hydrogen-bond acceptors (Lipinski definition) is 4. The van der Waals surface area contributed by atoms with Crippen LogP contribution >= 0.6 is 11.8 Å². The van der Waals surface area contributed by atoms with Crippen molar-refractivity contribution in [1.29, 1.82) is 5.41 Å². The van der Waals surface area contributed by atoms with Crippen LogP contribution in [0.2, 0.25) is 0 Å². The zero-order valence-corrected chi connectivity index (χ0v) is 18.2. The van der Waals surface area contributed by atoms with Crippen molar-refractivity contribution >= 4 is 39.8 Å². The van der Waals surface area contributed by atoms with E-state index in [0.717, 1.165) is 11.4 Å². The van der Waals surface area contributed by atoms with Crippen LogP contribution < -0.4 is 0 Å². The fourth-order valence-corrected chi connectivity index (χ4v) is 4.37. The van der Waals surface area contributed by atoms with Gasteiger partial charge in [-0.1, -0.05) is 6.07 Å². The van der Waals surface area contributed by atoms with E-state index in [4.69, 9.17) is 5.41 Å². The monoisotopic (exact) mass is 443 g/mol. The smallest absolute Gasteiger partial charge is 0.283 e. The molecule has 1 aromatic heterocycles. The summed E-state index contributed by atoms with van der Waals surface area (Å²) < 4.78 is 15.2. The number of thioether (sulfide) groups is 1. The van der Waals surface area contributed by atoms with E-state index >= 15 is 0 Å². The van der Waals surface area contributed by atoms with Crippen molar-refractivity contribution in [3.05, 3.63) is 94.6 Å². The van der Waals surface area contributed by atoms with Crippen molar-refractivity contribution in [2.45, 2.75) is 13.8 Å². The van der Waals surface area contributed by atoms with Gasteiger partial charge in [0.05, 0.1) is 5.57 Å². The van der Waals surface area contributed by atoms with Gasteiger partial charge in [0.1, 0.15) is 10.9 Å². The molecule has 0 saturated heterocycles. The van der Waals surface area contributed by atoms with E-state index in [2.05, 4.69) is 36.1 Å². The number of carbonyl (C=O) groups excluding carboxylic acids is 1. The Bertz CT molecular complexity index is 1370. The van der Waals surface area contributed by atoms with Gasteiger partial charge in [-0.2, -0.15) is 15.1 Å². The van der Waals surface area contributed by atoms with Crippen LogP contribution in [0.1, 0.15) is 22.4 Å². The van der Waals surface area contributed by atoms with E-state index in [-0.39, 0.29) is 17.2 Å². The van der Waals surface area contributed by atoms with Crippen molar-refractivity contribution in [3.8, 4) is 5.69 Å². The minimum Gasteiger partial charge on any atom is -0.317 e. The number of benzene rings is 2. The Morgan fingerprint density at radius 2 is 1.84 bits per heavy atom. The molecule has 0 bridgehead atoms. The molecule has 0 spiro atoms. The highest BCUT2D eigenvalue weighted by Crippen LogP contribution is 2.31. The number of aromatic nitrogens is 1. The van der Waals surface area contributed by atoms with Crippen molar-refractivity contribution in [2.24, 2.45) is 10.1 Å². The Labute approximate surface area is 188 Å². The van der Waals surface area contributed by atoms with Crippen LogP contribution in [0.5, 0.6) is 0 Å². The number of hydrazone groups is 1. The number of fused-ring (bicyclic) bond motifs is 1. The predicted molar refractivity (Wildman–Crippen MR) is 126 cm³/mol. The quantitative estimate of drug-likeness (QED) is 0.585. The maximum Gasteiger partial charge on any atom is 0.283 e. The number of aliphatic imine (C=N–C) groups is 1. The molecule has 0 fully saturated rings. The lowest BCUT2D eigenvalue weighted by atomic mass is 10.1. The summed E-state index contributed by atoms with van der Waals surface area (Å²) in [4.78, 5) is 16.9. The molecule has 0 atom stereocenters. The molecule has 2 aliphatic heterocycles. The Kier molecular flexibility index (Phi) is 4.86. The minimum atomic E-state index is -0.489. The molecule has 158 valence electrons. The van der Waals surface area contributed by atoms with Crippen LogP contribution in [-0.4, -0.2) is 31.5 Å². The molecule has 3 aromatic rings. The van der Waals surface area contributed by atoms with Gasteiger partial charge < -0.3 is 4.57 Å². The van der Waals surface area contributed by atoms with Crippen LogP contribution in [-0.2, 0) is 4.79 Å². The lowest BCUT2D eigenvalue weighted by Crippen LogP contribution is -2.35. The molecule has 2 aliphatic rings. The third-order valence-electron chi connectivity index (χ3n) is 5.39. The highest BCUT2D eigenvalue weighted by atomic mass is 32.2. The second kappa shape index (κ2) is 7.72.